The van der Waals surface area contributed by atoms with Crippen molar-refractivity contribution in [1.82, 2.24) is 19.7 Å². The Hall–Kier alpha value is -3.91. The van der Waals surface area contributed by atoms with E-state index in [0.29, 0.717) is 23.4 Å². The topological polar surface area (TPSA) is 108 Å². The minimum Gasteiger partial charge on any atom is -0.490 e. The monoisotopic (exact) mass is 455 g/mol. The number of aromatic amines is 1. The molecule has 2 aromatic carbocycles. The lowest BCUT2D eigenvalue weighted by Crippen LogP contribution is -2.25. The molecule has 0 amide bonds. The lowest BCUT2D eigenvalue weighted by molar-refractivity contribution is 0.0255. The number of Topliss-reactive ketones (excluding diaryl/α,β-unsaturated/α-hetero) is 1. The summed E-state index contributed by atoms with van der Waals surface area (Å²) < 4.78 is 13.1. The number of carbonyl (C=O) groups excluding carboxylic acids is 1. The SMILES string of the molecule is Cc1nc2ccc(-n3ncc(C(=O)C4=Cc5ccc(OC6CCOCC6)cc5C4)c3N)cc2[nH]1. The van der Waals surface area contributed by atoms with Crippen molar-refractivity contribution in [3.05, 3.63) is 70.7 Å². The highest BCUT2D eigenvalue weighted by molar-refractivity contribution is 6.15. The molecule has 4 aromatic rings. The average molecular weight is 456 g/mol. The van der Waals surface area contributed by atoms with Gasteiger partial charge in [0, 0.05) is 24.8 Å². The normalized spacial score (nSPS) is 16.0. The molecule has 1 fully saturated rings. The maximum Gasteiger partial charge on any atom is 0.194 e. The molecule has 34 heavy (non-hydrogen) atoms. The molecule has 8 heteroatoms. The number of hydrogen-bond acceptors (Lipinski definition) is 6. The van der Waals surface area contributed by atoms with E-state index in [2.05, 4.69) is 15.1 Å². The van der Waals surface area contributed by atoms with E-state index in [1.807, 2.05) is 49.4 Å². The van der Waals surface area contributed by atoms with Gasteiger partial charge in [0.15, 0.2) is 5.78 Å². The zero-order valence-corrected chi connectivity index (χ0v) is 18.9. The van der Waals surface area contributed by atoms with Crippen LogP contribution in [0.1, 0.15) is 40.2 Å². The number of carbonyl (C=O) groups is 1. The van der Waals surface area contributed by atoms with Gasteiger partial charge in [0.05, 0.1) is 41.7 Å². The summed E-state index contributed by atoms with van der Waals surface area (Å²) in [5, 5.41) is 4.40. The molecular formula is C26H25N5O3. The van der Waals surface area contributed by atoms with Crippen LogP contribution in [0.25, 0.3) is 22.8 Å². The number of fused-ring (bicyclic) bond motifs is 2. The van der Waals surface area contributed by atoms with Crippen molar-refractivity contribution >= 4 is 28.7 Å². The molecule has 3 N–H and O–H groups in total. The van der Waals surface area contributed by atoms with Crippen LogP contribution in [0.2, 0.25) is 0 Å². The fraction of sp³-hybridized carbons (Fsp3) is 0.269. The minimum atomic E-state index is -0.106. The van der Waals surface area contributed by atoms with Crippen molar-refractivity contribution in [2.75, 3.05) is 18.9 Å². The third-order valence-electron chi connectivity index (χ3n) is 6.47. The van der Waals surface area contributed by atoms with Crippen LogP contribution in [0, 0.1) is 6.92 Å². The Balaban J connectivity index is 1.21. The summed E-state index contributed by atoms with van der Waals surface area (Å²) in [4.78, 5) is 21.0. The second-order valence-corrected chi connectivity index (χ2v) is 8.84. The third kappa shape index (κ3) is 3.66. The quantitative estimate of drug-likeness (QED) is 0.440. The molecule has 1 aliphatic heterocycles. The maximum absolute atomic E-state index is 13.3. The van der Waals surface area contributed by atoms with Gasteiger partial charge in [-0.15, -0.1) is 0 Å². The molecule has 8 nitrogen and oxygen atoms in total. The Kier molecular flexibility index (Phi) is 4.95. The Labute approximate surface area is 196 Å². The number of nitrogens with one attached hydrogen (secondary N) is 1. The van der Waals surface area contributed by atoms with Crippen LogP contribution in [0.4, 0.5) is 5.82 Å². The first-order chi connectivity index (χ1) is 16.5. The first kappa shape index (κ1) is 20.7. The number of hydrogen-bond donors (Lipinski definition) is 2. The molecule has 1 saturated heterocycles. The van der Waals surface area contributed by atoms with E-state index in [1.54, 1.807) is 10.9 Å². The van der Waals surface area contributed by atoms with Crippen LogP contribution in [0.5, 0.6) is 5.75 Å². The number of nitrogens with zero attached hydrogens (tertiary/aromatic N) is 3. The fourth-order valence-corrected chi connectivity index (χ4v) is 4.69. The van der Waals surface area contributed by atoms with Crippen molar-refractivity contribution in [3.8, 4) is 11.4 Å². The number of anilines is 1. The Morgan fingerprint density at radius 2 is 2.06 bits per heavy atom. The molecule has 0 atom stereocenters. The van der Waals surface area contributed by atoms with Gasteiger partial charge in [-0.25, -0.2) is 9.67 Å². The molecule has 0 unspecified atom stereocenters. The molecule has 0 saturated carbocycles. The molecule has 0 bridgehead atoms. The summed E-state index contributed by atoms with van der Waals surface area (Å²) in [7, 11) is 0. The maximum atomic E-state index is 13.3. The van der Waals surface area contributed by atoms with Crippen molar-refractivity contribution in [3.63, 3.8) is 0 Å². The van der Waals surface area contributed by atoms with Gasteiger partial charge in [-0.2, -0.15) is 5.10 Å². The number of ketones is 1. The lowest BCUT2D eigenvalue weighted by Gasteiger charge is -2.23. The van der Waals surface area contributed by atoms with E-state index in [1.165, 1.54) is 0 Å². The van der Waals surface area contributed by atoms with E-state index in [9.17, 15) is 4.79 Å². The summed E-state index contributed by atoms with van der Waals surface area (Å²) in [6.07, 6.45) is 6.00. The highest BCUT2D eigenvalue weighted by atomic mass is 16.5. The number of nitrogens with two attached hydrogens (primary N) is 1. The summed E-state index contributed by atoms with van der Waals surface area (Å²) >= 11 is 0. The lowest BCUT2D eigenvalue weighted by atomic mass is 10.0. The Morgan fingerprint density at radius 1 is 1.21 bits per heavy atom. The smallest absolute Gasteiger partial charge is 0.194 e. The third-order valence-corrected chi connectivity index (χ3v) is 6.47. The van der Waals surface area contributed by atoms with Gasteiger partial charge in [0.25, 0.3) is 0 Å². The van der Waals surface area contributed by atoms with Crippen LogP contribution >= 0.6 is 0 Å². The van der Waals surface area contributed by atoms with E-state index in [-0.39, 0.29) is 11.9 Å². The molecule has 2 aromatic heterocycles. The van der Waals surface area contributed by atoms with Crippen molar-refractivity contribution in [2.45, 2.75) is 32.3 Å². The van der Waals surface area contributed by atoms with Crippen LogP contribution in [0.15, 0.2) is 48.2 Å². The summed E-state index contributed by atoms with van der Waals surface area (Å²) in [6, 6.07) is 11.8. The van der Waals surface area contributed by atoms with Crippen LogP contribution in [0.3, 0.4) is 0 Å². The van der Waals surface area contributed by atoms with Gasteiger partial charge in [0.2, 0.25) is 0 Å². The summed E-state index contributed by atoms with van der Waals surface area (Å²) in [5.74, 6) is 1.89. The Bertz CT molecular complexity index is 1440. The predicted molar refractivity (Wildman–Crippen MR) is 129 cm³/mol. The zero-order chi connectivity index (χ0) is 23.2. The van der Waals surface area contributed by atoms with Crippen LogP contribution < -0.4 is 10.5 Å². The molecule has 172 valence electrons. The van der Waals surface area contributed by atoms with Gasteiger partial charge in [-0.1, -0.05) is 6.07 Å². The number of benzene rings is 2. The summed E-state index contributed by atoms with van der Waals surface area (Å²) in [6.45, 7) is 3.38. The van der Waals surface area contributed by atoms with Gasteiger partial charge >= 0.3 is 0 Å². The van der Waals surface area contributed by atoms with Crippen molar-refractivity contribution in [2.24, 2.45) is 0 Å². The number of allylic oxidation sites excluding steroid dienone is 1. The highest BCUT2D eigenvalue weighted by Crippen LogP contribution is 2.32. The number of aromatic nitrogens is 4. The van der Waals surface area contributed by atoms with Crippen molar-refractivity contribution in [1.29, 1.82) is 0 Å². The first-order valence-electron chi connectivity index (χ1n) is 11.5. The second kappa shape index (κ2) is 8.14. The first-order valence-corrected chi connectivity index (χ1v) is 11.5. The number of imidazole rings is 1. The minimum absolute atomic E-state index is 0.106. The highest BCUT2D eigenvalue weighted by Gasteiger charge is 2.25. The van der Waals surface area contributed by atoms with E-state index < -0.39 is 0 Å². The molecule has 6 rings (SSSR count). The van der Waals surface area contributed by atoms with Gasteiger partial charge in [-0.05, 0) is 54.5 Å². The largest absolute Gasteiger partial charge is 0.490 e. The van der Waals surface area contributed by atoms with Gasteiger partial charge < -0.3 is 20.2 Å². The number of H-pyrrole nitrogens is 1. The Morgan fingerprint density at radius 3 is 2.91 bits per heavy atom. The standard InChI is InChI=1S/C26H25N5O3/c1-15-29-23-5-3-19(13-24(23)30-15)31-26(27)22(14-28-31)25(32)18-10-16-2-4-21(12-17(16)11-18)34-20-6-8-33-9-7-20/h2-5,10,12-14,20H,6-9,11,27H2,1H3,(H,29,30). The van der Waals surface area contributed by atoms with E-state index >= 15 is 0 Å². The van der Waals surface area contributed by atoms with E-state index in [4.69, 9.17) is 15.2 Å². The van der Waals surface area contributed by atoms with Crippen LogP contribution in [-0.4, -0.2) is 44.8 Å². The molecule has 1 aliphatic carbocycles. The number of aryl methyl sites for hydroxylation is 1. The predicted octanol–water partition coefficient (Wildman–Crippen LogP) is 4.02. The number of nitrogen functional groups attached to an aromatic ring is 1. The molecule has 3 heterocycles. The number of ether oxygens (including phenoxy) is 2. The summed E-state index contributed by atoms with van der Waals surface area (Å²) in [5.41, 5.74) is 12.1. The molecule has 2 aliphatic rings. The van der Waals surface area contributed by atoms with Gasteiger partial charge in [-0.3, -0.25) is 4.79 Å². The fourth-order valence-electron chi connectivity index (χ4n) is 4.69. The molecular weight excluding hydrogens is 430 g/mol. The van der Waals surface area contributed by atoms with Gasteiger partial charge in [0.1, 0.15) is 23.5 Å². The van der Waals surface area contributed by atoms with Crippen molar-refractivity contribution < 1.29 is 14.3 Å². The van der Waals surface area contributed by atoms with Crippen LogP contribution in [-0.2, 0) is 11.2 Å². The molecule has 0 radical (unpaired) electrons. The zero-order valence-electron chi connectivity index (χ0n) is 18.9. The average Bonchev–Trinajstić information content (AvgIpc) is 3.54. The van der Waals surface area contributed by atoms with E-state index in [0.717, 1.165) is 65.5 Å². The molecule has 0 spiro atoms. The second-order valence-electron chi connectivity index (χ2n) is 8.84. The number of rotatable bonds is 5.